The Bertz CT molecular complexity index is 2070. The SMILES string of the molecule is COc1cc(-c2ccc(OS(C)(=O)=O)cc2)c(OC)c(OS(C)(=O)=O)c1-c1ccc(OCc2cccc(C)c2)c(OS(C)(=O)=O)c1. The molecule has 4 aromatic rings. The van der Waals surface area contributed by atoms with Gasteiger partial charge in [-0.1, -0.05) is 48.0 Å². The molecule has 4 aromatic carbocycles. The number of methoxy groups -OCH3 is 2. The molecule has 46 heavy (non-hydrogen) atoms. The third-order valence-electron chi connectivity index (χ3n) is 6.22. The fourth-order valence-electron chi connectivity index (χ4n) is 4.54. The minimum atomic E-state index is -4.16. The van der Waals surface area contributed by atoms with Crippen LogP contribution in [0.25, 0.3) is 22.3 Å². The lowest BCUT2D eigenvalue weighted by atomic mass is 9.96. The third kappa shape index (κ3) is 9.05. The Morgan fingerprint density at radius 2 is 1.22 bits per heavy atom. The summed E-state index contributed by atoms with van der Waals surface area (Å²) in [7, 11) is -9.28. The van der Waals surface area contributed by atoms with Crippen LogP contribution in [0.5, 0.6) is 34.5 Å². The topological polar surface area (TPSA) is 158 Å². The lowest BCUT2D eigenvalue weighted by Crippen LogP contribution is -2.10. The largest absolute Gasteiger partial charge is 0.496 e. The molecule has 0 amide bonds. The van der Waals surface area contributed by atoms with Crippen LogP contribution in [-0.4, -0.2) is 58.2 Å². The fourth-order valence-corrected chi connectivity index (χ4v) is 5.92. The Hall–Kier alpha value is -4.47. The maximum absolute atomic E-state index is 12.5. The Morgan fingerprint density at radius 3 is 1.78 bits per heavy atom. The van der Waals surface area contributed by atoms with Crippen LogP contribution in [0.1, 0.15) is 11.1 Å². The van der Waals surface area contributed by atoms with E-state index in [1.54, 1.807) is 24.3 Å². The van der Waals surface area contributed by atoms with E-state index in [1.165, 1.54) is 38.5 Å². The first-order valence-corrected chi connectivity index (χ1v) is 18.8. The zero-order chi connectivity index (χ0) is 33.9. The van der Waals surface area contributed by atoms with Crippen LogP contribution < -0.4 is 26.8 Å². The highest BCUT2D eigenvalue weighted by molar-refractivity contribution is 7.86. The molecule has 0 heterocycles. The lowest BCUT2D eigenvalue weighted by Gasteiger charge is -2.21. The highest BCUT2D eigenvalue weighted by Gasteiger charge is 2.27. The average Bonchev–Trinajstić information content (AvgIpc) is 2.94. The molecule has 0 aliphatic rings. The van der Waals surface area contributed by atoms with Crippen molar-refractivity contribution < 1.29 is 52.0 Å². The molecular weight excluding hydrogens is 661 g/mol. The first-order chi connectivity index (χ1) is 21.5. The zero-order valence-electron chi connectivity index (χ0n) is 25.8. The molecular formula is C31H32O12S3. The van der Waals surface area contributed by atoms with Crippen LogP contribution in [0, 0.1) is 6.92 Å². The number of rotatable bonds is 13. The normalized spacial score (nSPS) is 11.9. The van der Waals surface area contributed by atoms with Gasteiger partial charge >= 0.3 is 30.4 Å². The summed E-state index contributed by atoms with van der Waals surface area (Å²) in [5.74, 6) is -0.128. The molecule has 0 spiro atoms. The van der Waals surface area contributed by atoms with Gasteiger partial charge in [0, 0.05) is 5.56 Å². The Labute approximate surface area is 268 Å². The maximum atomic E-state index is 12.5. The van der Waals surface area contributed by atoms with Crippen molar-refractivity contribution in [3.8, 4) is 56.8 Å². The van der Waals surface area contributed by atoms with E-state index in [1.807, 2.05) is 31.2 Å². The van der Waals surface area contributed by atoms with Gasteiger partial charge < -0.3 is 26.8 Å². The van der Waals surface area contributed by atoms with E-state index in [0.717, 1.165) is 29.9 Å². The van der Waals surface area contributed by atoms with E-state index in [2.05, 4.69) is 0 Å². The summed E-state index contributed by atoms with van der Waals surface area (Å²) in [6, 6.07) is 19.5. The molecule has 0 aromatic heterocycles. The van der Waals surface area contributed by atoms with Gasteiger partial charge in [-0.25, -0.2) is 0 Å². The van der Waals surface area contributed by atoms with Crippen molar-refractivity contribution in [1.82, 2.24) is 0 Å². The van der Waals surface area contributed by atoms with Crippen molar-refractivity contribution >= 4 is 30.4 Å². The van der Waals surface area contributed by atoms with Gasteiger partial charge in [0.25, 0.3) is 0 Å². The van der Waals surface area contributed by atoms with Crippen LogP contribution in [0.2, 0.25) is 0 Å². The summed E-state index contributed by atoms with van der Waals surface area (Å²) in [5, 5.41) is 0. The quantitative estimate of drug-likeness (QED) is 0.174. The van der Waals surface area contributed by atoms with E-state index in [9.17, 15) is 25.3 Å². The highest BCUT2D eigenvalue weighted by atomic mass is 32.2. The van der Waals surface area contributed by atoms with Gasteiger partial charge in [0.15, 0.2) is 23.0 Å². The zero-order valence-corrected chi connectivity index (χ0v) is 28.2. The molecule has 0 unspecified atom stereocenters. The minimum Gasteiger partial charge on any atom is -0.496 e. The van der Waals surface area contributed by atoms with E-state index >= 15 is 0 Å². The van der Waals surface area contributed by atoms with Gasteiger partial charge in [-0.3, -0.25) is 0 Å². The summed E-state index contributed by atoms with van der Waals surface area (Å²) >= 11 is 0. The van der Waals surface area contributed by atoms with Gasteiger partial charge in [-0.2, -0.15) is 25.3 Å². The van der Waals surface area contributed by atoms with Crippen molar-refractivity contribution in [3.05, 3.63) is 83.9 Å². The van der Waals surface area contributed by atoms with Gasteiger partial charge in [0.05, 0.1) is 38.6 Å². The van der Waals surface area contributed by atoms with Crippen molar-refractivity contribution in [2.24, 2.45) is 0 Å². The van der Waals surface area contributed by atoms with Crippen LogP contribution in [0.4, 0.5) is 0 Å². The van der Waals surface area contributed by atoms with E-state index in [4.69, 9.17) is 26.8 Å². The number of ether oxygens (including phenoxy) is 3. The lowest BCUT2D eigenvalue weighted by molar-refractivity contribution is 0.296. The summed E-state index contributed by atoms with van der Waals surface area (Å²) in [4.78, 5) is 0. The second-order valence-corrected chi connectivity index (χ2v) is 14.9. The smallest absolute Gasteiger partial charge is 0.306 e. The number of benzene rings is 4. The van der Waals surface area contributed by atoms with E-state index in [0.29, 0.717) is 11.1 Å². The van der Waals surface area contributed by atoms with Gasteiger partial charge in [0.1, 0.15) is 18.1 Å². The molecule has 0 aliphatic heterocycles. The minimum absolute atomic E-state index is 0.0108. The fraction of sp³-hybridized carbons (Fsp3) is 0.226. The molecule has 0 saturated carbocycles. The molecule has 0 saturated heterocycles. The van der Waals surface area contributed by atoms with Gasteiger partial charge in [-0.05, 0) is 53.9 Å². The Kier molecular flexibility index (Phi) is 10.1. The van der Waals surface area contributed by atoms with Crippen molar-refractivity contribution in [2.45, 2.75) is 13.5 Å². The first kappa shape index (κ1) is 34.4. The van der Waals surface area contributed by atoms with Crippen LogP contribution >= 0.6 is 0 Å². The predicted octanol–water partition coefficient (Wildman–Crippen LogP) is 4.94. The molecule has 0 N–H and O–H groups in total. The second kappa shape index (κ2) is 13.5. The molecule has 0 aliphatic carbocycles. The molecule has 0 fully saturated rings. The van der Waals surface area contributed by atoms with Crippen LogP contribution in [0.15, 0.2) is 72.8 Å². The van der Waals surface area contributed by atoms with Crippen molar-refractivity contribution in [3.63, 3.8) is 0 Å². The van der Waals surface area contributed by atoms with Crippen LogP contribution in [0.3, 0.4) is 0 Å². The van der Waals surface area contributed by atoms with E-state index < -0.39 is 30.4 Å². The Balaban J connectivity index is 1.90. The molecule has 0 bridgehead atoms. The average molecular weight is 693 g/mol. The standard InChI is InChI=1S/C31H32O12S3/c1-20-8-7-9-21(16-20)19-40-26-15-12-23(17-27(26)42-45(5,34)35)29-28(38-2)18-25(30(39-3)31(29)43-46(6,36)37)22-10-13-24(14-11-22)41-44(4,32)33/h7-18H,19H2,1-6H3. The van der Waals surface area contributed by atoms with E-state index in [-0.39, 0.29) is 52.2 Å². The van der Waals surface area contributed by atoms with Crippen molar-refractivity contribution in [2.75, 3.05) is 33.0 Å². The summed E-state index contributed by atoms with van der Waals surface area (Å²) in [6.07, 6.45) is 2.65. The molecule has 246 valence electrons. The van der Waals surface area contributed by atoms with Crippen LogP contribution in [-0.2, 0) is 37.0 Å². The molecule has 12 nitrogen and oxygen atoms in total. The number of hydrogen-bond donors (Lipinski definition) is 0. The highest BCUT2D eigenvalue weighted by Crippen LogP contribution is 2.51. The monoisotopic (exact) mass is 692 g/mol. The maximum Gasteiger partial charge on any atom is 0.306 e. The summed E-state index contributed by atoms with van der Waals surface area (Å²) < 4.78 is 105. The number of aryl methyl sites for hydroxylation is 1. The third-order valence-corrected chi connectivity index (χ3v) is 7.67. The summed E-state index contributed by atoms with van der Waals surface area (Å²) in [5.41, 5.74) is 3.02. The first-order valence-electron chi connectivity index (χ1n) is 13.4. The Morgan fingerprint density at radius 1 is 0.587 bits per heavy atom. The van der Waals surface area contributed by atoms with Crippen molar-refractivity contribution in [1.29, 1.82) is 0 Å². The molecule has 0 radical (unpaired) electrons. The molecule has 4 rings (SSSR count). The van der Waals surface area contributed by atoms with Gasteiger partial charge in [0.2, 0.25) is 0 Å². The summed E-state index contributed by atoms with van der Waals surface area (Å²) in [6.45, 7) is 2.05. The number of hydrogen-bond acceptors (Lipinski definition) is 12. The molecule has 0 atom stereocenters. The predicted molar refractivity (Wildman–Crippen MR) is 172 cm³/mol. The second-order valence-electron chi connectivity index (χ2n) is 10.2. The molecule has 15 heteroatoms. The van der Waals surface area contributed by atoms with Gasteiger partial charge in [-0.15, -0.1) is 0 Å².